The van der Waals surface area contributed by atoms with Gasteiger partial charge in [0.15, 0.2) is 0 Å². The molecule has 1 saturated heterocycles. The van der Waals surface area contributed by atoms with Crippen LogP contribution in [0.2, 0.25) is 0 Å². The van der Waals surface area contributed by atoms with Crippen molar-refractivity contribution in [3.63, 3.8) is 0 Å². The highest BCUT2D eigenvalue weighted by molar-refractivity contribution is 9.08. The van der Waals surface area contributed by atoms with Crippen LogP contribution in [0.3, 0.4) is 0 Å². The number of β-lactam (4-membered cyclic amide) rings is 1. The lowest BCUT2D eigenvalue weighted by Gasteiger charge is -2.47. The van der Waals surface area contributed by atoms with E-state index < -0.39 is 0 Å². The number of amides is 1. The molecule has 1 heterocycles. The minimum absolute atomic E-state index is 0.0172. The maximum absolute atomic E-state index is 12.6. The number of benzene rings is 2. The number of ether oxygens (including phenoxy) is 1. The van der Waals surface area contributed by atoms with Crippen LogP contribution in [0, 0.1) is 5.92 Å². The lowest BCUT2D eigenvalue weighted by atomic mass is 9.79. The molecule has 2 aromatic carbocycles. The summed E-state index contributed by atoms with van der Waals surface area (Å²) in [4.78, 5) is 26.0. The number of rotatable bonds is 6. The van der Waals surface area contributed by atoms with Gasteiger partial charge in [0, 0.05) is 13.0 Å². The maximum Gasteiger partial charge on any atom is 0.305 e. The lowest BCUT2D eigenvalue weighted by molar-refractivity contribution is -0.159. The quantitative estimate of drug-likeness (QED) is 0.232. The SMILES string of the molecule is CBr.CC.CC.CC.COC(=O)CC[C@H]1C(=O)N(Cc2ccccc2)[C@@H]1c1ccccc1. The van der Waals surface area contributed by atoms with Crippen molar-refractivity contribution >= 4 is 27.8 Å². The molecule has 4 nitrogen and oxygen atoms in total. The molecule has 2 atom stereocenters. The molecule has 1 aliphatic rings. The number of hydrogen-bond donors (Lipinski definition) is 0. The summed E-state index contributed by atoms with van der Waals surface area (Å²) in [6.45, 7) is 12.6. The van der Waals surface area contributed by atoms with Crippen molar-refractivity contribution in [3.05, 3.63) is 71.8 Å². The van der Waals surface area contributed by atoms with E-state index in [-0.39, 0.29) is 30.3 Å². The van der Waals surface area contributed by atoms with Gasteiger partial charge in [0.2, 0.25) is 5.91 Å². The molecule has 0 radical (unpaired) electrons. The van der Waals surface area contributed by atoms with Gasteiger partial charge < -0.3 is 9.64 Å². The van der Waals surface area contributed by atoms with Crippen molar-refractivity contribution in [2.24, 2.45) is 5.92 Å². The average Bonchev–Trinajstić information content (AvgIpc) is 2.90. The van der Waals surface area contributed by atoms with E-state index in [4.69, 9.17) is 4.74 Å². The smallest absolute Gasteiger partial charge is 0.305 e. The van der Waals surface area contributed by atoms with Gasteiger partial charge in [-0.3, -0.25) is 9.59 Å². The van der Waals surface area contributed by atoms with E-state index in [2.05, 4.69) is 15.9 Å². The zero-order valence-corrected chi connectivity index (χ0v) is 22.7. The van der Waals surface area contributed by atoms with E-state index in [1.165, 1.54) is 7.11 Å². The first-order valence-electron chi connectivity index (χ1n) is 11.5. The number of alkyl halides is 1. The summed E-state index contributed by atoms with van der Waals surface area (Å²) < 4.78 is 4.70. The Balaban J connectivity index is 0. The van der Waals surface area contributed by atoms with E-state index in [0.717, 1.165) is 11.1 Å². The number of carbonyl (C=O) groups is 2. The molecule has 1 amide bonds. The van der Waals surface area contributed by atoms with Crippen molar-refractivity contribution < 1.29 is 14.3 Å². The first-order chi connectivity index (χ1) is 15.7. The second-order valence-corrected chi connectivity index (χ2v) is 6.03. The zero-order chi connectivity index (χ0) is 24.9. The van der Waals surface area contributed by atoms with Gasteiger partial charge in [-0.25, -0.2) is 0 Å². The van der Waals surface area contributed by atoms with Crippen LogP contribution in [0.25, 0.3) is 0 Å². The van der Waals surface area contributed by atoms with Crippen LogP contribution >= 0.6 is 15.9 Å². The van der Waals surface area contributed by atoms with Crippen molar-refractivity contribution in [3.8, 4) is 0 Å². The van der Waals surface area contributed by atoms with Crippen LogP contribution in [0.1, 0.15) is 71.6 Å². The highest BCUT2D eigenvalue weighted by atomic mass is 79.9. The fraction of sp³-hybridized carbons (Fsp3) is 0.481. The standard InChI is InChI=1S/C20H21NO3.3C2H6.CH3Br/c1-24-18(22)13-12-17-19(16-10-6-3-7-11-16)21(20(17)23)14-15-8-4-2-5-9-15;4*1-2/h2-11,17,19H,12-14H2,1H3;3*1-2H3;1H3/t17-,19-;;;;/m1..../s1. The second-order valence-electron chi connectivity index (χ2n) is 6.03. The van der Waals surface area contributed by atoms with Crippen molar-refractivity contribution in [2.45, 2.75) is 67.0 Å². The normalized spacial score (nSPS) is 15.5. The number of hydrogen-bond acceptors (Lipinski definition) is 3. The Labute approximate surface area is 204 Å². The van der Waals surface area contributed by atoms with Crippen LogP contribution in [0.5, 0.6) is 0 Å². The van der Waals surface area contributed by atoms with Gasteiger partial charge in [-0.05, 0) is 23.4 Å². The van der Waals surface area contributed by atoms with Crippen LogP contribution in [-0.4, -0.2) is 29.7 Å². The van der Waals surface area contributed by atoms with Gasteiger partial charge in [-0.2, -0.15) is 0 Å². The van der Waals surface area contributed by atoms with Gasteiger partial charge in [0.05, 0.1) is 19.1 Å². The number of carbonyl (C=O) groups excluding carboxylic acids is 2. The molecule has 0 spiro atoms. The Kier molecular flexibility index (Phi) is 20.8. The van der Waals surface area contributed by atoms with E-state index in [9.17, 15) is 9.59 Å². The molecule has 0 saturated carbocycles. The third-order valence-electron chi connectivity index (χ3n) is 4.54. The predicted octanol–water partition coefficient (Wildman–Crippen LogP) is 7.43. The van der Waals surface area contributed by atoms with Gasteiger partial charge in [-0.1, -0.05) is 118 Å². The van der Waals surface area contributed by atoms with E-state index in [0.29, 0.717) is 13.0 Å². The Morgan fingerprint density at radius 2 is 1.34 bits per heavy atom. The molecule has 0 aromatic heterocycles. The number of likely N-dealkylation sites (tertiary alicyclic amines) is 1. The van der Waals surface area contributed by atoms with Crippen LogP contribution in [0.15, 0.2) is 60.7 Å². The summed E-state index contributed by atoms with van der Waals surface area (Å²) in [6.07, 6.45) is 0.797. The lowest BCUT2D eigenvalue weighted by Crippen LogP contribution is -2.54. The molecule has 0 aliphatic carbocycles. The summed E-state index contributed by atoms with van der Waals surface area (Å²) in [5, 5.41) is 0. The molecule has 0 bridgehead atoms. The Hall–Kier alpha value is -2.14. The second kappa shape index (κ2) is 20.7. The van der Waals surface area contributed by atoms with Crippen LogP contribution in [-0.2, 0) is 20.9 Å². The average molecular weight is 509 g/mol. The molecule has 2 aromatic rings. The number of halogens is 1. The van der Waals surface area contributed by atoms with Crippen molar-refractivity contribution in [1.82, 2.24) is 4.90 Å². The third-order valence-corrected chi connectivity index (χ3v) is 4.54. The van der Waals surface area contributed by atoms with Gasteiger partial charge in [-0.15, -0.1) is 0 Å². The summed E-state index contributed by atoms with van der Waals surface area (Å²) in [5.74, 6) is 1.50. The minimum Gasteiger partial charge on any atom is -0.469 e. The van der Waals surface area contributed by atoms with Gasteiger partial charge >= 0.3 is 5.97 Å². The fourth-order valence-electron chi connectivity index (χ4n) is 3.30. The van der Waals surface area contributed by atoms with Crippen molar-refractivity contribution in [1.29, 1.82) is 0 Å². The zero-order valence-electron chi connectivity index (χ0n) is 21.1. The monoisotopic (exact) mass is 507 g/mol. The summed E-state index contributed by atoms with van der Waals surface area (Å²) in [7, 11) is 1.38. The molecular formula is C27H42BrNO3. The van der Waals surface area contributed by atoms with E-state index in [1.54, 1.807) is 0 Å². The largest absolute Gasteiger partial charge is 0.469 e. The number of nitrogens with zero attached hydrogens (tertiary/aromatic N) is 1. The fourth-order valence-corrected chi connectivity index (χ4v) is 3.30. The minimum atomic E-state index is -0.267. The topological polar surface area (TPSA) is 46.6 Å². The van der Waals surface area contributed by atoms with Gasteiger partial charge in [0.1, 0.15) is 0 Å². The summed E-state index contributed by atoms with van der Waals surface area (Å²) in [5.41, 5.74) is 2.22. The Morgan fingerprint density at radius 3 is 1.81 bits per heavy atom. The molecule has 0 N–H and O–H groups in total. The Bertz CT molecular complexity index is 707. The molecular weight excluding hydrogens is 466 g/mol. The van der Waals surface area contributed by atoms with Crippen molar-refractivity contribution in [2.75, 3.05) is 12.9 Å². The number of esters is 1. The number of methoxy groups -OCH3 is 1. The summed E-state index contributed by atoms with van der Waals surface area (Å²) >= 11 is 2.94. The van der Waals surface area contributed by atoms with E-state index >= 15 is 0 Å². The van der Waals surface area contributed by atoms with Crippen LogP contribution < -0.4 is 0 Å². The molecule has 5 heteroatoms. The first-order valence-corrected chi connectivity index (χ1v) is 13.1. The van der Waals surface area contributed by atoms with Crippen LogP contribution in [0.4, 0.5) is 0 Å². The molecule has 180 valence electrons. The Morgan fingerprint density at radius 1 is 0.875 bits per heavy atom. The maximum atomic E-state index is 12.6. The van der Waals surface area contributed by atoms with E-state index in [1.807, 2.05) is 113 Å². The highest BCUT2D eigenvalue weighted by Crippen LogP contribution is 2.43. The highest BCUT2D eigenvalue weighted by Gasteiger charge is 2.47. The molecule has 0 unspecified atom stereocenters. The summed E-state index contributed by atoms with van der Waals surface area (Å²) in [6, 6.07) is 20.0. The molecule has 32 heavy (non-hydrogen) atoms. The third kappa shape index (κ3) is 9.99. The first kappa shape index (κ1) is 32.0. The molecule has 1 aliphatic heterocycles. The molecule has 3 rings (SSSR count). The molecule has 1 fully saturated rings. The predicted molar refractivity (Wildman–Crippen MR) is 140 cm³/mol. The van der Waals surface area contributed by atoms with Gasteiger partial charge in [0.25, 0.3) is 0 Å².